The average Bonchev–Trinajstić information content (AvgIpc) is 2.86. The summed E-state index contributed by atoms with van der Waals surface area (Å²) in [6.07, 6.45) is 14.6. The van der Waals surface area contributed by atoms with E-state index in [-0.39, 0.29) is 13.0 Å². The highest BCUT2D eigenvalue weighted by molar-refractivity contribution is 5.89. The van der Waals surface area contributed by atoms with Gasteiger partial charge in [0.2, 0.25) is 0 Å². The maximum atomic E-state index is 11.9. The summed E-state index contributed by atoms with van der Waals surface area (Å²) in [4.78, 5) is 23.5. The van der Waals surface area contributed by atoms with Crippen LogP contribution in [0.25, 0.3) is 0 Å². The zero-order valence-electron chi connectivity index (χ0n) is 20.2. The third-order valence-electron chi connectivity index (χ3n) is 4.25. The van der Waals surface area contributed by atoms with Crippen LogP contribution in [-0.4, -0.2) is 36.4 Å². The number of hydrogen-bond acceptors (Lipinski definition) is 5. The van der Waals surface area contributed by atoms with E-state index in [1.807, 2.05) is 0 Å². The number of aliphatic hydroxyl groups is 1. The minimum atomic E-state index is -0.928. The zero-order chi connectivity index (χ0) is 25.8. The Hall–Kier alpha value is -4.18. The first-order chi connectivity index (χ1) is 17.1. The van der Waals surface area contributed by atoms with Crippen molar-refractivity contribution in [1.29, 1.82) is 0 Å². The van der Waals surface area contributed by atoms with Crippen molar-refractivity contribution in [2.75, 3.05) is 13.2 Å². The lowest BCUT2D eigenvalue weighted by molar-refractivity contribution is -0.159. The lowest BCUT2D eigenvalue weighted by Crippen LogP contribution is -2.28. The van der Waals surface area contributed by atoms with Gasteiger partial charge >= 0.3 is 11.9 Å². The fourth-order valence-corrected chi connectivity index (χ4v) is 2.55. The highest BCUT2D eigenvalue weighted by Gasteiger charge is 2.15. The summed E-state index contributed by atoms with van der Waals surface area (Å²) in [5, 5.41) is 9.33. The van der Waals surface area contributed by atoms with E-state index in [2.05, 4.69) is 83.9 Å². The molecule has 0 spiro atoms. The molecule has 0 aliphatic heterocycles. The average molecular weight is 471 g/mol. The first kappa shape index (κ1) is 30.8. The van der Waals surface area contributed by atoms with Gasteiger partial charge in [0.15, 0.2) is 6.10 Å². The van der Waals surface area contributed by atoms with Crippen LogP contribution in [0.1, 0.15) is 71.1 Å². The fraction of sp³-hybridized carbons (Fsp3) is 0.467. The Labute approximate surface area is 210 Å². The SMILES string of the molecule is C#CC#CC#CC#CC#CC#CC#CC(=O)OC[C@@H](CO)OC(=O)CCCCCCCCCCC. The van der Waals surface area contributed by atoms with E-state index in [0.29, 0.717) is 0 Å². The molecule has 0 unspecified atom stereocenters. The first-order valence-corrected chi connectivity index (χ1v) is 11.6. The lowest BCUT2D eigenvalue weighted by Gasteiger charge is -2.14. The summed E-state index contributed by atoms with van der Waals surface area (Å²) in [5.41, 5.74) is 0. The quantitative estimate of drug-likeness (QED) is 0.183. The molecule has 180 valence electrons. The van der Waals surface area contributed by atoms with Gasteiger partial charge in [-0.05, 0) is 77.5 Å². The predicted octanol–water partition coefficient (Wildman–Crippen LogP) is 3.01. The van der Waals surface area contributed by atoms with Gasteiger partial charge < -0.3 is 14.6 Å². The molecule has 0 aromatic carbocycles. The molecule has 0 aromatic heterocycles. The monoisotopic (exact) mass is 470 g/mol. The molecule has 0 saturated heterocycles. The number of rotatable bonds is 14. The van der Waals surface area contributed by atoms with Crippen LogP contribution in [0.3, 0.4) is 0 Å². The van der Waals surface area contributed by atoms with E-state index in [1.54, 1.807) is 0 Å². The number of hydrogen-bond donors (Lipinski definition) is 1. The fourth-order valence-electron chi connectivity index (χ4n) is 2.55. The molecule has 0 aromatic rings. The van der Waals surface area contributed by atoms with Crippen molar-refractivity contribution >= 4 is 11.9 Å². The Morgan fingerprint density at radius 3 is 1.74 bits per heavy atom. The number of ether oxygens (including phenoxy) is 2. The van der Waals surface area contributed by atoms with Crippen molar-refractivity contribution in [3.8, 4) is 83.4 Å². The van der Waals surface area contributed by atoms with Crippen LogP contribution >= 0.6 is 0 Å². The van der Waals surface area contributed by atoms with Crippen LogP contribution in [0.5, 0.6) is 0 Å². The van der Waals surface area contributed by atoms with Crippen molar-refractivity contribution < 1.29 is 24.2 Å². The summed E-state index contributed by atoms with van der Waals surface area (Å²) >= 11 is 0. The van der Waals surface area contributed by atoms with E-state index >= 15 is 0 Å². The van der Waals surface area contributed by atoms with Gasteiger partial charge in [0.05, 0.1) is 6.61 Å². The minimum absolute atomic E-state index is 0.271. The molecule has 35 heavy (non-hydrogen) atoms. The number of carbonyl (C=O) groups excluding carboxylic acids is 2. The Bertz CT molecular complexity index is 1070. The molecule has 0 heterocycles. The number of terminal acetylenes is 1. The Morgan fingerprint density at radius 2 is 1.23 bits per heavy atom. The highest BCUT2D eigenvalue weighted by atomic mass is 16.6. The second-order valence-corrected chi connectivity index (χ2v) is 7.12. The third kappa shape index (κ3) is 22.8. The van der Waals surface area contributed by atoms with Crippen molar-refractivity contribution in [3.05, 3.63) is 0 Å². The van der Waals surface area contributed by atoms with Gasteiger partial charge in [0.25, 0.3) is 0 Å². The maximum absolute atomic E-state index is 11.9. The summed E-state index contributed by atoms with van der Waals surface area (Å²) < 4.78 is 10.0. The minimum Gasteiger partial charge on any atom is -0.456 e. The largest absolute Gasteiger partial charge is 0.456 e. The van der Waals surface area contributed by atoms with Gasteiger partial charge in [0, 0.05) is 12.3 Å². The molecule has 5 nitrogen and oxygen atoms in total. The molecule has 1 atom stereocenters. The maximum Gasteiger partial charge on any atom is 0.385 e. The molecule has 0 radical (unpaired) electrons. The van der Waals surface area contributed by atoms with Gasteiger partial charge in [0.1, 0.15) is 6.61 Å². The molecule has 1 N–H and O–H groups in total. The summed E-state index contributed by atoms with van der Waals surface area (Å²) in [7, 11) is 0. The molecule has 0 aliphatic carbocycles. The van der Waals surface area contributed by atoms with Crippen LogP contribution in [0.2, 0.25) is 0 Å². The molecule has 0 rings (SSSR count). The van der Waals surface area contributed by atoms with Crippen LogP contribution in [0.4, 0.5) is 0 Å². The van der Waals surface area contributed by atoms with Crippen molar-refractivity contribution in [2.45, 2.75) is 77.2 Å². The predicted molar refractivity (Wildman–Crippen MR) is 135 cm³/mol. The molecular formula is C30H30O5. The molecular weight excluding hydrogens is 440 g/mol. The van der Waals surface area contributed by atoms with Crippen molar-refractivity contribution in [1.82, 2.24) is 0 Å². The van der Waals surface area contributed by atoms with E-state index in [1.165, 1.54) is 38.5 Å². The number of esters is 2. The first-order valence-electron chi connectivity index (χ1n) is 11.6. The molecule has 0 amide bonds. The summed E-state index contributed by atoms with van der Waals surface area (Å²) in [6, 6.07) is 0. The Kier molecular flexibility index (Phi) is 21.5. The van der Waals surface area contributed by atoms with Crippen LogP contribution in [-0.2, 0) is 19.1 Å². The van der Waals surface area contributed by atoms with Crippen molar-refractivity contribution in [3.63, 3.8) is 0 Å². The van der Waals surface area contributed by atoms with Gasteiger partial charge in [-0.15, -0.1) is 6.42 Å². The van der Waals surface area contributed by atoms with Gasteiger partial charge in [-0.25, -0.2) is 4.79 Å². The van der Waals surface area contributed by atoms with Gasteiger partial charge in [-0.3, -0.25) is 4.79 Å². The number of aliphatic hydroxyl groups excluding tert-OH is 1. The highest BCUT2D eigenvalue weighted by Crippen LogP contribution is 2.11. The summed E-state index contributed by atoms with van der Waals surface area (Å²) in [5.74, 6) is 29.3. The molecule has 0 bridgehead atoms. The second kappa shape index (κ2) is 24.5. The van der Waals surface area contributed by atoms with Crippen LogP contribution in [0, 0.1) is 83.4 Å². The van der Waals surface area contributed by atoms with Crippen molar-refractivity contribution in [2.24, 2.45) is 0 Å². The smallest absolute Gasteiger partial charge is 0.385 e. The van der Waals surface area contributed by atoms with Crippen LogP contribution in [0.15, 0.2) is 0 Å². The Morgan fingerprint density at radius 1 is 0.743 bits per heavy atom. The number of unbranched alkanes of at least 4 members (excludes halogenated alkanes) is 8. The normalized spacial score (nSPS) is 8.94. The van der Waals surface area contributed by atoms with Crippen LogP contribution < -0.4 is 0 Å². The standard InChI is InChI=1S/C30H30O5/c1-3-5-7-9-11-13-14-15-17-18-20-22-24-29(32)34-27-28(26-31)35-30(33)25-23-21-19-16-12-10-8-6-4-2/h1,28,31H,4,6,8,10,12,16,19,21,23,25-27H2,2H3/t28-/m1/s1. The van der Waals surface area contributed by atoms with E-state index in [0.717, 1.165) is 19.3 Å². The van der Waals surface area contributed by atoms with E-state index in [9.17, 15) is 14.7 Å². The zero-order valence-corrected chi connectivity index (χ0v) is 20.2. The van der Waals surface area contributed by atoms with Gasteiger partial charge in [-0.1, -0.05) is 58.3 Å². The van der Waals surface area contributed by atoms with E-state index in [4.69, 9.17) is 15.9 Å². The molecule has 0 saturated carbocycles. The Balaban J connectivity index is 4.12. The molecule has 0 fully saturated rings. The van der Waals surface area contributed by atoms with E-state index < -0.39 is 24.6 Å². The molecule has 0 aliphatic rings. The summed E-state index contributed by atoms with van der Waals surface area (Å²) in [6.45, 7) is 1.46. The topological polar surface area (TPSA) is 72.8 Å². The molecule has 5 heteroatoms. The third-order valence-corrected chi connectivity index (χ3v) is 4.25. The lowest BCUT2D eigenvalue weighted by atomic mass is 10.1. The number of carbonyl (C=O) groups is 2. The van der Waals surface area contributed by atoms with Gasteiger partial charge in [-0.2, -0.15) is 0 Å². The second-order valence-electron chi connectivity index (χ2n) is 7.12.